The Morgan fingerprint density at radius 2 is 1.93 bits per heavy atom. The third-order valence-electron chi connectivity index (χ3n) is 3.83. The number of hydrogen-bond donors (Lipinski definition) is 2. The van der Waals surface area contributed by atoms with E-state index in [4.69, 9.17) is 15.2 Å². The second-order valence-corrected chi connectivity index (χ2v) is 8.01. The molecule has 2 heterocycles. The summed E-state index contributed by atoms with van der Waals surface area (Å²) in [6.45, 7) is 1.05. The van der Waals surface area contributed by atoms with Crippen molar-refractivity contribution < 1.29 is 14.3 Å². The molecule has 4 rings (SSSR count). The molecule has 3 aromatic rings. The van der Waals surface area contributed by atoms with Crippen LogP contribution in [0.3, 0.4) is 0 Å². The van der Waals surface area contributed by atoms with Gasteiger partial charge in [-0.25, -0.2) is 4.98 Å². The van der Waals surface area contributed by atoms with E-state index in [0.29, 0.717) is 35.4 Å². The fourth-order valence-corrected chi connectivity index (χ4v) is 4.37. The molecule has 1 aliphatic rings. The van der Waals surface area contributed by atoms with Crippen LogP contribution in [0, 0.1) is 0 Å². The smallest absolute Gasteiger partial charge is 0.234 e. The molecule has 3 N–H and O–H groups in total. The van der Waals surface area contributed by atoms with Gasteiger partial charge in [-0.2, -0.15) is 0 Å². The summed E-state index contributed by atoms with van der Waals surface area (Å²) in [6.07, 6.45) is 0. The number of aromatic nitrogens is 1. The van der Waals surface area contributed by atoms with Crippen LogP contribution in [0.2, 0.25) is 0 Å². The summed E-state index contributed by atoms with van der Waals surface area (Å²) in [5.41, 5.74) is 8.49. The molecule has 1 aliphatic heterocycles. The van der Waals surface area contributed by atoms with E-state index in [2.05, 4.69) is 10.3 Å². The normalized spacial score (nSPS) is 12.6. The summed E-state index contributed by atoms with van der Waals surface area (Å²) in [7, 11) is 0. The minimum absolute atomic E-state index is 0.119. The molecule has 0 saturated carbocycles. The maximum absolute atomic E-state index is 12.3. The zero-order chi connectivity index (χ0) is 18.6. The molecule has 0 atom stereocenters. The predicted molar refractivity (Wildman–Crippen MR) is 109 cm³/mol. The van der Waals surface area contributed by atoms with Crippen molar-refractivity contribution in [2.24, 2.45) is 0 Å². The Bertz CT molecular complexity index is 960. The van der Waals surface area contributed by atoms with Gasteiger partial charge in [-0.3, -0.25) is 4.79 Å². The Hall–Kier alpha value is -2.71. The van der Waals surface area contributed by atoms with Crippen LogP contribution < -0.4 is 20.5 Å². The van der Waals surface area contributed by atoms with Gasteiger partial charge in [0.2, 0.25) is 5.91 Å². The molecule has 138 valence electrons. The van der Waals surface area contributed by atoms with Crippen LogP contribution in [-0.4, -0.2) is 29.9 Å². The van der Waals surface area contributed by atoms with Crippen molar-refractivity contribution in [1.82, 2.24) is 4.98 Å². The largest absolute Gasteiger partial charge is 0.486 e. The van der Waals surface area contributed by atoms with E-state index >= 15 is 0 Å². The molecule has 0 aliphatic carbocycles. The number of benzene rings is 2. The molecular weight excluding hydrogens is 382 g/mol. The first-order chi connectivity index (χ1) is 13.2. The zero-order valence-electron chi connectivity index (χ0n) is 14.3. The number of nitrogens with one attached hydrogen (secondary N) is 1. The molecule has 0 radical (unpaired) electrons. The zero-order valence-corrected chi connectivity index (χ0v) is 15.9. The highest BCUT2D eigenvalue weighted by atomic mass is 32.2. The minimum Gasteiger partial charge on any atom is -0.486 e. The van der Waals surface area contributed by atoms with E-state index in [1.807, 2.05) is 30.3 Å². The lowest BCUT2D eigenvalue weighted by atomic mass is 10.2. The molecule has 6 nitrogen and oxygen atoms in total. The average Bonchev–Trinajstić information content (AvgIpc) is 3.08. The van der Waals surface area contributed by atoms with E-state index < -0.39 is 0 Å². The van der Waals surface area contributed by atoms with E-state index in [9.17, 15) is 4.79 Å². The fraction of sp³-hybridized carbons (Fsp3) is 0.158. The molecule has 1 aromatic heterocycles. The summed E-state index contributed by atoms with van der Waals surface area (Å²) >= 11 is 2.75. The number of amides is 1. The number of nitrogens with two attached hydrogens (primary N) is 1. The maximum Gasteiger partial charge on any atom is 0.234 e. The van der Waals surface area contributed by atoms with Crippen LogP contribution in [0.25, 0.3) is 11.3 Å². The monoisotopic (exact) mass is 399 g/mol. The predicted octanol–water partition coefficient (Wildman–Crippen LogP) is 3.89. The van der Waals surface area contributed by atoms with Gasteiger partial charge >= 0.3 is 0 Å². The third kappa shape index (κ3) is 4.17. The molecule has 0 bridgehead atoms. The Kier molecular flexibility index (Phi) is 5.17. The Morgan fingerprint density at radius 1 is 1.15 bits per heavy atom. The molecule has 1 amide bonds. The number of thiazole rings is 1. The number of carbonyl (C=O) groups is 1. The van der Waals surface area contributed by atoms with Crippen LogP contribution in [0.1, 0.15) is 0 Å². The van der Waals surface area contributed by atoms with Gasteiger partial charge in [0.1, 0.15) is 23.9 Å². The Labute approximate surface area is 164 Å². The van der Waals surface area contributed by atoms with Gasteiger partial charge in [0, 0.05) is 17.3 Å². The summed E-state index contributed by atoms with van der Waals surface area (Å²) < 4.78 is 11.8. The number of carbonyl (C=O) groups excluding carboxylic acids is 1. The van der Waals surface area contributed by atoms with Crippen LogP contribution in [0.5, 0.6) is 11.5 Å². The quantitative estimate of drug-likeness (QED) is 0.633. The molecular formula is C19H17N3O3S2. The van der Waals surface area contributed by atoms with Gasteiger partial charge < -0.3 is 20.5 Å². The minimum atomic E-state index is -0.119. The highest BCUT2D eigenvalue weighted by Crippen LogP contribution is 2.36. The average molecular weight is 399 g/mol. The van der Waals surface area contributed by atoms with Gasteiger partial charge in [0.15, 0.2) is 15.8 Å². The van der Waals surface area contributed by atoms with Gasteiger partial charge in [-0.05, 0) is 12.1 Å². The van der Waals surface area contributed by atoms with Crippen molar-refractivity contribution in [1.29, 1.82) is 0 Å². The topological polar surface area (TPSA) is 86.5 Å². The first-order valence-electron chi connectivity index (χ1n) is 8.33. The summed E-state index contributed by atoms with van der Waals surface area (Å²) in [4.78, 5) is 16.8. The standard InChI is InChI=1S/C19H17N3O3S2/c20-18-17(12-4-2-1-3-5-12)22-19(27-18)26-11-16(23)21-13-6-7-14-15(10-13)25-9-8-24-14/h1-7,10H,8-9,11,20H2,(H,21,23). The van der Waals surface area contributed by atoms with Crippen LogP contribution in [0.4, 0.5) is 10.7 Å². The second-order valence-electron chi connectivity index (χ2n) is 5.75. The third-order valence-corrected chi connectivity index (χ3v) is 5.86. The number of nitrogen functional groups attached to an aromatic ring is 1. The van der Waals surface area contributed by atoms with Crippen molar-refractivity contribution >= 4 is 39.7 Å². The van der Waals surface area contributed by atoms with Crippen molar-refractivity contribution in [2.45, 2.75) is 4.34 Å². The first-order valence-corrected chi connectivity index (χ1v) is 10.1. The molecule has 0 saturated heterocycles. The number of ether oxygens (including phenoxy) is 2. The highest BCUT2D eigenvalue weighted by Gasteiger charge is 2.15. The number of hydrogen-bond acceptors (Lipinski definition) is 7. The fourth-order valence-electron chi connectivity index (χ4n) is 2.62. The molecule has 2 aromatic carbocycles. The van der Waals surface area contributed by atoms with Crippen molar-refractivity contribution in [3.63, 3.8) is 0 Å². The van der Waals surface area contributed by atoms with Gasteiger partial charge in [-0.1, -0.05) is 53.4 Å². The van der Waals surface area contributed by atoms with E-state index in [1.165, 1.54) is 23.1 Å². The Balaban J connectivity index is 1.37. The number of anilines is 2. The van der Waals surface area contributed by atoms with Gasteiger partial charge in [-0.15, -0.1) is 0 Å². The number of nitrogens with zero attached hydrogens (tertiary/aromatic N) is 1. The van der Waals surface area contributed by atoms with Crippen LogP contribution >= 0.6 is 23.1 Å². The SMILES string of the molecule is Nc1sc(SCC(=O)Nc2ccc3c(c2)OCCO3)nc1-c1ccccc1. The van der Waals surface area contributed by atoms with E-state index in [0.717, 1.165) is 15.6 Å². The van der Waals surface area contributed by atoms with Crippen molar-refractivity contribution in [2.75, 3.05) is 30.0 Å². The summed E-state index contributed by atoms with van der Waals surface area (Å²) in [5, 5.41) is 3.51. The van der Waals surface area contributed by atoms with Gasteiger partial charge in [0.25, 0.3) is 0 Å². The lowest BCUT2D eigenvalue weighted by molar-refractivity contribution is -0.113. The lowest BCUT2D eigenvalue weighted by Crippen LogP contribution is -2.17. The molecule has 8 heteroatoms. The van der Waals surface area contributed by atoms with Crippen LogP contribution in [0.15, 0.2) is 52.9 Å². The summed E-state index contributed by atoms with van der Waals surface area (Å²) in [6, 6.07) is 15.1. The van der Waals surface area contributed by atoms with Crippen molar-refractivity contribution in [3.8, 4) is 22.8 Å². The summed E-state index contributed by atoms with van der Waals surface area (Å²) in [5.74, 6) is 1.47. The van der Waals surface area contributed by atoms with E-state index in [-0.39, 0.29) is 11.7 Å². The molecule has 27 heavy (non-hydrogen) atoms. The number of fused-ring (bicyclic) bond motifs is 1. The van der Waals surface area contributed by atoms with E-state index in [1.54, 1.807) is 18.2 Å². The lowest BCUT2D eigenvalue weighted by Gasteiger charge is -2.18. The molecule has 0 spiro atoms. The second kappa shape index (κ2) is 7.89. The van der Waals surface area contributed by atoms with Gasteiger partial charge in [0.05, 0.1) is 5.75 Å². The maximum atomic E-state index is 12.3. The first kappa shape index (κ1) is 17.7. The molecule has 0 fully saturated rings. The molecule has 0 unspecified atom stereocenters. The van der Waals surface area contributed by atoms with Crippen LogP contribution in [-0.2, 0) is 4.79 Å². The van der Waals surface area contributed by atoms with Crippen molar-refractivity contribution in [3.05, 3.63) is 48.5 Å². The number of thioether (sulfide) groups is 1. The Morgan fingerprint density at radius 3 is 2.74 bits per heavy atom. The number of rotatable bonds is 5. The highest BCUT2D eigenvalue weighted by molar-refractivity contribution is 8.01.